The average molecular weight is 364 g/mol. The highest BCUT2D eigenvalue weighted by molar-refractivity contribution is 6.04. The molecule has 2 saturated heterocycles. The summed E-state index contributed by atoms with van der Waals surface area (Å²) in [5.74, 6) is 0.376. The molecule has 138 valence electrons. The first-order valence-electron chi connectivity index (χ1n) is 9.19. The van der Waals surface area contributed by atoms with Crippen molar-refractivity contribution in [2.45, 2.75) is 31.0 Å². The summed E-state index contributed by atoms with van der Waals surface area (Å²) in [5, 5.41) is 4.37. The molecule has 0 radical (unpaired) electrons. The number of carbonyl (C=O) groups is 1. The van der Waals surface area contributed by atoms with E-state index in [1.165, 1.54) is 0 Å². The fourth-order valence-corrected chi connectivity index (χ4v) is 4.04. The molecule has 4 heterocycles. The molecule has 1 aromatic carbocycles. The van der Waals surface area contributed by atoms with Crippen molar-refractivity contribution in [3.63, 3.8) is 0 Å². The van der Waals surface area contributed by atoms with Crippen molar-refractivity contribution in [3.05, 3.63) is 54.6 Å². The van der Waals surface area contributed by atoms with Gasteiger partial charge in [-0.1, -0.05) is 18.2 Å². The Bertz CT molecular complexity index is 960. The maximum Gasteiger partial charge on any atom is 0.340 e. The lowest BCUT2D eigenvalue weighted by Gasteiger charge is -2.39. The predicted molar refractivity (Wildman–Crippen MR) is 98.8 cm³/mol. The van der Waals surface area contributed by atoms with E-state index in [1.54, 1.807) is 24.8 Å². The largest absolute Gasteiger partial charge is 0.459 e. The number of hydrogen-bond acceptors (Lipinski definition) is 6. The Morgan fingerprint density at radius 2 is 2.00 bits per heavy atom. The minimum Gasteiger partial charge on any atom is -0.459 e. The highest BCUT2D eigenvalue weighted by Gasteiger charge is 2.34. The third-order valence-electron chi connectivity index (χ3n) is 5.21. The van der Waals surface area contributed by atoms with E-state index in [4.69, 9.17) is 9.47 Å². The lowest BCUT2D eigenvalue weighted by molar-refractivity contribution is -0.0339. The molecule has 0 saturated carbocycles. The standard InChI is InChI=1S/C20H20N4O3/c25-20(27-15-7-13-11-26-12-14(8-15)23-13)17-10-24(19-9-21-5-6-22-19)18-4-2-1-3-16(17)18/h1-6,9-10,13-15,23H,7-8,11-12H2/t13-,14+,15-. The number of rotatable bonds is 3. The molecule has 3 atom stereocenters. The normalized spacial score (nSPS) is 24.7. The summed E-state index contributed by atoms with van der Waals surface area (Å²) < 4.78 is 13.3. The molecular formula is C20H20N4O3. The van der Waals surface area contributed by atoms with Crippen LogP contribution >= 0.6 is 0 Å². The van der Waals surface area contributed by atoms with Gasteiger partial charge < -0.3 is 14.8 Å². The molecule has 27 heavy (non-hydrogen) atoms. The van der Waals surface area contributed by atoms with Gasteiger partial charge in [0.1, 0.15) is 6.10 Å². The third kappa shape index (κ3) is 3.09. The molecule has 0 unspecified atom stereocenters. The number of para-hydroxylation sites is 1. The molecule has 3 aromatic rings. The second kappa shape index (κ2) is 6.75. The summed E-state index contributed by atoms with van der Waals surface area (Å²) in [6.07, 6.45) is 8.21. The molecule has 2 aromatic heterocycles. The highest BCUT2D eigenvalue weighted by Crippen LogP contribution is 2.27. The second-order valence-corrected chi connectivity index (χ2v) is 7.09. The molecule has 0 aliphatic carbocycles. The van der Waals surface area contributed by atoms with Crippen LogP contribution in [0, 0.1) is 0 Å². The van der Waals surface area contributed by atoms with E-state index >= 15 is 0 Å². The molecule has 0 amide bonds. The smallest absolute Gasteiger partial charge is 0.340 e. The van der Waals surface area contributed by atoms with Crippen LogP contribution in [-0.2, 0) is 9.47 Å². The Balaban J connectivity index is 1.45. The zero-order chi connectivity index (χ0) is 18.2. The van der Waals surface area contributed by atoms with Gasteiger partial charge in [0.05, 0.1) is 30.5 Å². The number of carbonyl (C=O) groups excluding carboxylic acids is 1. The fraction of sp³-hybridized carbons (Fsp3) is 0.350. The SMILES string of the molecule is O=C(O[C@H]1C[C@H]2COC[C@@H](C1)N2)c1cn(-c2cnccn2)c2ccccc12. The van der Waals surface area contributed by atoms with E-state index in [0.29, 0.717) is 24.6 Å². The quantitative estimate of drug-likeness (QED) is 0.717. The molecule has 2 aliphatic heterocycles. The van der Waals surface area contributed by atoms with Gasteiger partial charge in [-0.25, -0.2) is 9.78 Å². The number of aromatic nitrogens is 3. The van der Waals surface area contributed by atoms with Crippen LogP contribution in [-0.4, -0.2) is 51.9 Å². The van der Waals surface area contributed by atoms with Gasteiger partial charge in [-0.2, -0.15) is 0 Å². The Hall–Kier alpha value is -2.77. The first kappa shape index (κ1) is 16.4. The van der Waals surface area contributed by atoms with Gasteiger partial charge in [0.2, 0.25) is 0 Å². The lowest BCUT2D eigenvalue weighted by Crippen LogP contribution is -2.56. The first-order valence-corrected chi connectivity index (χ1v) is 9.19. The minimum atomic E-state index is -0.292. The van der Waals surface area contributed by atoms with Crippen molar-refractivity contribution < 1.29 is 14.3 Å². The van der Waals surface area contributed by atoms with Crippen molar-refractivity contribution in [3.8, 4) is 5.82 Å². The van der Waals surface area contributed by atoms with Crippen LogP contribution in [0.3, 0.4) is 0 Å². The molecule has 2 aliphatic rings. The van der Waals surface area contributed by atoms with Crippen molar-refractivity contribution in [1.82, 2.24) is 19.9 Å². The summed E-state index contributed by atoms with van der Waals surface area (Å²) in [4.78, 5) is 21.4. The molecule has 2 fully saturated rings. The first-order chi connectivity index (χ1) is 13.3. The van der Waals surface area contributed by atoms with Crippen LogP contribution in [0.25, 0.3) is 16.7 Å². The van der Waals surface area contributed by atoms with Gasteiger partial charge in [0.25, 0.3) is 0 Å². The number of fused-ring (bicyclic) bond motifs is 3. The van der Waals surface area contributed by atoms with E-state index < -0.39 is 0 Å². The second-order valence-electron chi connectivity index (χ2n) is 7.09. The van der Waals surface area contributed by atoms with Crippen LogP contribution in [0.1, 0.15) is 23.2 Å². The van der Waals surface area contributed by atoms with Gasteiger partial charge in [0, 0.05) is 48.9 Å². The fourth-order valence-electron chi connectivity index (χ4n) is 4.04. The average Bonchev–Trinajstić information content (AvgIpc) is 3.08. The zero-order valence-electron chi connectivity index (χ0n) is 14.7. The van der Waals surface area contributed by atoms with E-state index in [1.807, 2.05) is 28.8 Å². The third-order valence-corrected chi connectivity index (χ3v) is 5.21. The van der Waals surface area contributed by atoms with Crippen LogP contribution < -0.4 is 5.32 Å². The number of esters is 1. The molecule has 2 bridgehead atoms. The number of ether oxygens (including phenoxy) is 2. The molecule has 7 nitrogen and oxygen atoms in total. The number of nitrogens with zero attached hydrogens (tertiary/aromatic N) is 3. The van der Waals surface area contributed by atoms with Gasteiger partial charge in [-0.3, -0.25) is 9.55 Å². The van der Waals surface area contributed by atoms with Crippen LogP contribution in [0.4, 0.5) is 0 Å². The van der Waals surface area contributed by atoms with Crippen molar-refractivity contribution in [2.24, 2.45) is 0 Å². The maximum atomic E-state index is 13.0. The monoisotopic (exact) mass is 364 g/mol. The van der Waals surface area contributed by atoms with Gasteiger partial charge in [0.15, 0.2) is 5.82 Å². The number of morpholine rings is 1. The summed E-state index contributed by atoms with van der Waals surface area (Å²) in [6.45, 7) is 1.35. The van der Waals surface area contributed by atoms with Gasteiger partial charge in [-0.15, -0.1) is 0 Å². The highest BCUT2D eigenvalue weighted by atomic mass is 16.5. The van der Waals surface area contributed by atoms with Gasteiger partial charge >= 0.3 is 5.97 Å². The number of nitrogens with one attached hydrogen (secondary N) is 1. The van der Waals surface area contributed by atoms with E-state index in [9.17, 15) is 4.79 Å². The van der Waals surface area contributed by atoms with Crippen molar-refractivity contribution >= 4 is 16.9 Å². The Kier molecular flexibility index (Phi) is 4.10. The van der Waals surface area contributed by atoms with Crippen molar-refractivity contribution in [2.75, 3.05) is 13.2 Å². The number of benzene rings is 1. The van der Waals surface area contributed by atoms with Crippen molar-refractivity contribution in [1.29, 1.82) is 0 Å². The maximum absolute atomic E-state index is 13.0. The molecule has 0 spiro atoms. The number of piperidine rings is 1. The molecule has 7 heteroatoms. The Morgan fingerprint density at radius 3 is 2.78 bits per heavy atom. The summed E-state index contributed by atoms with van der Waals surface area (Å²) in [6, 6.07) is 8.29. The van der Waals surface area contributed by atoms with Gasteiger partial charge in [-0.05, 0) is 6.07 Å². The van der Waals surface area contributed by atoms with E-state index in [-0.39, 0.29) is 24.2 Å². The summed E-state index contributed by atoms with van der Waals surface area (Å²) in [5.41, 5.74) is 1.46. The predicted octanol–water partition coefficient (Wildman–Crippen LogP) is 2.10. The Morgan fingerprint density at radius 1 is 1.19 bits per heavy atom. The summed E-state index contributed by atoms with van der Waals surface area (Å²) in [7, 11) is 0. The topological polar surface area (TPSA) is 78.3 Å². The molecular weight excluding hydrogens is 344 g/mol. The van der Waals surface area contributed by atoms with Crippen LogP contribution in [0.2, 0.25) is 0 Å². The van der Waals surface area contributed by atoms with Crippen LogP contribution in [0.15, 0.2) is 49.1 Å². The minimum absolute atomic E-state index is 0.0868. The van der Waals surface area contributed by atoms with E-state index in [0.717, 1.165) is 23.7 Å². The van der Waals surface area contributed by atoms with E-state index in [2.05, 4.69) is 15.3 Å². The summed E-state index contributed by atoms with van der Waals surface area (Å²) >= 11 is 0. The molecule has 1 N–H and O–H groups in total. The zero-order valence-corrected chi connectivity index (χ0v) is 14.7. The lowest BCUT2D eigenvalue weighted by atomic mass is 9.94. The van der Waals surface area contributed by atoms with Crippen LogP contribution in [0.5, 0.6) is 0 Å². The number of hydrogen-bond donors (Lipinski definition) is 1. The Labute approximate surface area is 156 Å². The molecule has 5 rings (SSSR count).